The molecule has 6 heteroatoms. The first kappa shape index (κ1) is 14.5. The maximum atomic E-state index is 12.4. The highest BCUT2D eigenvalue weighted by Gasteiger charge is 2.38. The first-order valence-electron chi connectivity index (χ1n) is 7.63. The van der Waals surface area contributed by atoms with E-state index in [1.165, 1.54) is 0 Å². The lowest BCUT2D eigenvalue weighted by molar-refractivity contribution is -0.100. The molecule has 116 valence electrons. The molecule has 6 nitrogen and oxygen atoms in total. The molecule has 2 fully saturated rings. The molecule has 2 N–H and O–H groups in total. The van der Waals surface area contributed by atoms with Crippen molar-refractivity contribution in [2.75, 3.05) is 20.3 Å². The number of aromatic amines is 1. The second-order valence-corrected chi connectivity index (χ2v) is 5.94. The lowest BCUT2D eigenvalue weighted by Crippen LogP contribution is -2.39. The number of hydrogen-bond acceptors (Lipinski definition) is 5. The molecule has 1 aliphatic carbocycles. The van der Waals surface area contributed by atoms with Crippen LogP contribution in [0.4, 0.5) is 0 Å². The Morgan fingerprint density at radius 3 is 2.57 bits per heavy atom. The summed E-state index contributed by atoms with van der Waals surface area (Å²) in [6.45, 7) is 1.12. The van der Waals surface area contributed by atoms with Gasteiger partial charge >= 0.3 is 0 Å². The van der Waals surface area contributed by atoms with Crippen molar-refractivity contribution in [3.8, 4) is 5.88 Å². The SMILES string of the molecule is COC1(c2nc(O)c(C3CCCC3)c(=O)[nH]2)CCOCC1. The van der Waals surface area contributed by atoms with E-state index in [1.807, 2.05) is 0 Å². The molecule has 0 unspecified atom stereocenters. The van der Waals surface area contributed by atoms with Gasteiger partial charge in [0.25, 0.3) is 5.56 Å². The molecule has 1 aromatic rings. The zero-order valence-electron chi connectivity index (χ0n) is 12.4. The van der Waals surface area contributed by atoms with Gasteiger partial charge in [-0.2, -0.15) is 4.98 Å². The summed E-state index contributed by atoms with van der Waals surface area (Å²) in [5, 5.41) is 10.3. The summed E-state index contributed by atoms with van der Waals surface area (Å²) in [6.07, 6.45) is 5.33. The summed E-state index contributed by atoms with van der Waals surface area (Å²) in [4.78, 5) is 19.5. The zero-order valence-corrected chi connectivity index (χ0v) is 12.4. The quantitative estimate of drug-likeness (QED) is 0.887. The van der Waals surface area contributed by atoms with Crippen molar-refractivity contribution < 1.29 is 14.6 Å². The highest BCUT2D eigenvalue weighted by Crippen LogP contribution is 2.38. The molecule has 0 atom stereocenters. The molecule has 1 saturated carbocycles. The van der Waals surface area contributed by atoms with Crippen LogP contribution in [0.5, 0.6) is 5.88 Å². The van der Waals surface area contributed by atoms with Crippen molar-refractivity contribution in [2.45, 2.75) is 50.0 Å². The molecule has 0 spiro atoms. The maximum Gasteiger partial charge on any atom is 0.258 e. The van der Waals surface area contributed by atoms with Gasteiger partial charge in [0.15, 0.2) is 0 Å². The molecule has 0 aromatic carbocycles. The topological polar surface area (TPSA) is 84.4 Å². The van der Waals surface area contributed by atoms with Crippen LogP contribution in [0.15, 0.2) is 4.79 Å². The van der Waals surface area contributed by atoms with Gasteiger partial charge in [-0.25, -0.2) is 0 Å². The Labute approximate surface area is 123 Å². The number of methoxy groups -OCH3 is 1. The van der Waals surface area contributed by atoms with Crippen LogP contribution in [-0.4, -0.2) is 35.4 Å². The van der Waals surface area contributed by atoms with Crippen molar-refractivity contribution in [2.24, 2.45) is 0 Å². The van der Waals surface area contributed by atoms with E-state index in [0.29, 0.717) is 37.4 Å². The van der Waals surface area contributed by atoms with Gasteiger partial charge in [0.2, 0.25) is 5.88 Å². The standard InChI is InChI=1S/C15H22N2O4/c1-20-15(6-8-21-9-7-15)14-16-12(18)11(13(19)17-14)10-4-2-3-5-10/h10H,2-9H2,1H3,(H2,16,17,18,19). The third kappa shape index (κ3) is 2.58. The van der Waals surface area contributed by atoms with Gasteiger partial charge < -0.3 is 19.6 Å². The third-order valence-corrected chi connectivity index (χ3v) is 4.82. The number of nitrogens with zero attached hydrogens (tertiary/aromatic N) is 1. The molecular weight excluding hydrogens is 272 g/mol. The van der Waals surface area contributed by atoms with Gasteiger partial charge in [-0.1, -0.05) is 12.8 Å². The van der Waals surface area contributed by atoms with Gasteiger partial charge in [-0.15, -0.1) is 0 Å². The van der Waals surface area contributed by atoms with E-state index >= 15 is 0 Å². The molecule has 0 bridgehead atoms. The monoisotopic (exact) mass is 294 g/mol. The van der Waals surface area contributed by atoms with Gasteiger partial charge in [0.1, 0.15) is 11.4 Å². The van der Waals surface area contributed by atoms with E-state index in [0.717, 1.165) is 25.7 Å². The van der Waals surface area contributed by atoms with E-state index in [-0.39, 0.29) is 17.4 Å². The van der Waals surface area contributed by atoms with Crippen molar-refractivity contribution in [1.29, 1.82) is 0 Å². The van der Waals surface area contributed by atoms with Crippen molar-refractivity contribution in [3.63, 3.8) is 0 Å². The Hall–Kier alpha value is -1.40. The molecule has 0 radical (unpaired) electrons. The van der Waals surface area contributed by atoms with Crippen LogP contribution in [0.2, 0.25) is 0 Å². The van der Waals surface area contributed by atoms with E-state index in [2.05, 4.69) is 9.97 Å². The summed E-state index contributed by atoms with van der Waals surface area (Å²) >= 11 is 0. The minimum atomic E-state index is -0.664. The molecule has 2 heterocycles. The number of aromatic hydroxyl groups is 1. The molecule has 1 aromatic heterocycles. The van der Waals surface area contributed by atoms with Crippen LogP contribution >= 0.6 is 0 Å². The van der Waals surface area contributed by atoms with Crippen molar-refractivity contribution in [1.82, 2.24) is 9.97 Å². The maximum absolute atomic E-state index is 12.4. The predicted molar refractivity (Wildman–Crippen MR) is 76.5 cm³/mol. The normalized spacial score (nSPS) is 22.5. The Kier molecular flexibility index (Phi) is 3.99. The summed E-state index contributed by atoms with van der Waals surface area (Å²) < 4.78 is 11.0. The number of aromatic nitrogens is 2. The van der Waals surface area contributed by atoms with E-state index in [4.69, 9.17) is 9.47 Å². The van der Waals surface area contributed by atoms with E-state index in [9.17, 15) is 9.90 Å². The molecule has 1 aliphatic heterocycles. The fraction of sp³-hybridized carbons (Fsp3) is 0.733. The fourth-order valence-corrected chi connectivity index (χ4v) is 3.51. The fourth-order valence-electron chi connectivity index (χ4n) is 3.51. The molecule has 3 rings (SSSR count). The lowest BCUT2D eigenvalue weighted by Gasteiger charge is -2.34. The Morgan fingerprint density at radius 2 is 2.00 bits per heavy atom. The highest BCUT2D eigenvalue weighted by atomic mass is 16.5. The zero-order chi connectivity index (χ0) is 14.9. The largest absolute Gasteiger partial charge is 0.493 e. The minimum Gasteiger partial charge on any atom is -0.493 e. The molecule has 1 saturated heterocycles. The minimum absolute atomic E-state index is 0.128. The van der Waals surface area contributed by atoms with Gasteiger partial charge in [0.05, 0.1) is 5.56 Å². The number of rotatable bonds is 3. The van der Waals surface area contributed by atoms with Crippen LogP contribution < -0.4 is 5.56 Å². The van der Waals surface area contributed by atoms with Gasteiger partial charge in [-0.3, -0.25) is 4.79 Å². The van der Waals surface area contributed by atoms with Crippen LogP contribution in [0.3, 0.4) is 0 Å². The van der Waals surface area contributed by atoms with Crippen LogP contribution in [-0.2, 0) is 15.1 Å². The summed E-state index contributed by atoms with van der Waals surface area (Å²) in [5.41, 5.74) is -0.454. The van der Waals surface area contributed by atoms with Crippen molar-refractivity contribution in [3.05, 3.63) is 21.7 Å². The second kappa shape index (κ2) is 5.77. The Balaban J connectivity index is 1.99. The first-order valence-corrected chi connectivity index (χ1v) is 7.63. The number of nitrogens with one attached hydrogen (secondary N) is 1. The van der Waals surface area contributed by atoms with Crippen molar-refractivity contribution >= 4 is 0 Å². The molecule has 2 aliphatic rings. The van der Waals surface area contributed by atoms with Gasteiger partial charge in [-0.05, 0) is 18.8 Å². The third-order valence-electron chi connectivity index (χ3n) is 4.82. The second-order valence-electron chi connectivity index (χ2n) is 5.94. The molecular formula is C15H22N2O4. The average molecular weight is 294 g/mol. The smallest absolute Gasteiger partial charge is 0.258 e. The first-order chi connectivity index (χ1) is 10.2. The van der Waals surface area contributed by atoms with E-state index < -0.39 is 5.60 Å². The number of hydrogen-bond donors (Lipinski definition) is 2. The Morgan fingerprint density at radius 1 is 1.33 bits per heavy atom. The Bertz CT molecular complexity index is 557. The highest BCUT2D eigenvalue weighted by molar-refractivity contribution is 5.28. The lowest BCUT2D eigenvalue weighted by atomic mass is 9.92. The van der Waals surface area contributed by atoms with E-state index in [1.54, 1.807) is 7.11 Å². The summed E-state index contributed by atoms with van der Waals surface area (Å²) in [7, 11) is 1.60. The van der Waals surface area contributed by atoms with Gasteiger partial charge in [0, 0.05) is 33.2 Å². The average Bonchev–Trinajstić information content (AvgIpc) is 3.01. The van der Waals surface area contributed by atoms with Crippen LogP contribution in [0.1, 0.15) is 55.8 Å². The molecule has 0 amide bonds. The number of H-pyrrole nitrogens is 1. The van der Waals surface area contributed by atoms with Crippen LogP contribution in [0.25, 0.3) is 0 Å². The summed E-state index contributed by atoms with van der Waals surface area (Å²) in [6, 6.07) is 0. The molecule has 21 heavy (non-hydrogen) atoms. The van der Waals surface area contributed by atoms with Crippen LogP contribution in [0, 0.1) is 0 Å². The summed E-state index contributed by atoms with van der Waals surface area (Å²) in [5.74, 6) is 0.407. The number of ether oxygens (including phenoxy) is 2. The predicted octanol–water partition coefficient (Wildman–Crippen LogP) is 1.79.